The molecular weight excluding hydrogens is 351 g/mol. The molecule has 3 aromatic rings. The van der Waals surface area contributed by atoms with E-state index in [1.165, 1.54) is 0 Å². The van der Waals surface area contributed by atoms with Crippen LogP contribution in [0.5, 0.6) is 5.75 Å². The molecule has 136 valence electrons. The molecule has 7 heteroatoms. The highest BCUT2D eigenvalue weighted by Gasteiger charge is 2.16. The highest BCUT2D eigenvalue weighted by atomic mass is 19.1. The van der Waals surface area contributed by atoms with Crippen LogP contribution in [0.25, 0.3) is 0 Å². The van der Waals surface area contributed by atoms with Crippen molar-refractivity contribution in [3.05, 3.63) is 99.9 Å². The summed E-state index contributed by atoms with van der Waals surface area (Å²) in [5, 5.41) is 13.8. The van der Waals surface area contributed by atoms with Gasteiger partial charge in [0.2, 0.25) is 0 Å². The van der Waals surface area contributed by atoms with E-state index in [0.29, 0.717) is 16.8 Å². The van der Waals surface area contributed by atoms with Crippen LogP contribution in [-0.4, -0.2) is 10.8 Å². The van der Waals surface area contributed by atoms with E-state index in [9.17, 15) is 19.3 Å². The fourth-order valence-corrected chi connectivity index (χ4v) is 2.44. The predicted molar refractivity (Wildman–Crippen MR) is 98.2 cm³/mol. The Labute approximate surface area is 154 Å². The molecule has 1 N–H and O–H groups in total. The molecule has 3 aromatic carbocycles. The Bertz CT molecular complexity index is 977. The normalized spacial score (nSPS) is 10.3. The third kappa shape index (κ3) is 4.66. The molecule has 0 unspecified atom stereocenters. The lowest BCUT2D eigenvalue weighted by Gasteiger charge is -2.09. The number of nitro benzene ring substituents is 1. The Balaban J connectivity index is 1.72. The molecule has 0 saturated carbocycles. The van der Waals surface area contributed by atoms with Crippen molar-refractivity contribution in [2.24, 2.45) is 0 Å². The Hall–Kier alpha value is -3.74. The van der Waals surface area contributed by atoms with E-state index in [2.05, 4.69) is 5.32 Å². The minimum absolute atomic E-state index is 0.0449. The number of ether oxygens (including phenoxy) is 1. The number of anilines is 1. The van der Waals surface area contributed by atoms with E-state index in [1.54, 1.807) is 36.4 Å². The monoisotopic (exact) mass is 366 g/mol. The second-order valence-corrected chi connectivity index (χ2v) is 5.68. The summed E-state index contributed by atoms with van der Waals surface area (Å²) in [5.74, 6) is -1.09. The highest BCUT2D eigenvalue weighted by Crippen LogP contribution is 2.28. The zero-order chi connectivity index (χ0) is 19.2. The van der Waals surface area contributed by atoms with Crippen molar-refractivity contribution in [3.63, 3.8) is 0 Å². The number of halogens is 1. The molecule has 0 radical (unpaired) electrons. The quantitative estimate of drug-likeness (QED) is 0.512. The lowest BCUT2D eigenvalue weighted by atomic mass is 10.1. The fraction of sp³-hybridized carbons (Fsp3) is 0.0500. The van der Waals surface area contributed by atoms with Gasteiger partial charge in [-0.05, 0) is 35.9 Å². The summed E-state index contributed by atoms with van der Waals surface area (Å²) in [6.07, 6.45) is 0. The topological polar surface area (TPSA) is 81.5 Å². The van der Waals surface area contributed by atoms with Crippen LogP contribution in [0, 0.1) is 15.9 Å². The molecule has 0 saturated heterocycles. The molecule has 0 atom stereocenters. The first-order chi connectivity index (χ1) is 13.0. The second-order valence-electron chi connectivity index (χ2n) is 5.68. The van der Waals surface area contributed by atoms with Crippen molar-refractivity contribution in [1.82, 2.24) is 0 Å². The molecule has 0 aliphatic heterocycles. The van der Waals surface area contributed by atoms with E-state index in [4.69, 9.17) is 4.74 Å². The predicted octanol–water partition coefficient (Wildman–Crippen LogP) is 4.57. The lowest BCUT2D eigenvalue weighted by Crippen LogP contribution is -2.12. The molecule has 3 rings (SSSR count). The van der Waals surface area contributed by atoms with Gasteiger partial charge in [-0.3, -0.25) is 14.9 Å². The zero-order valence-corrected chi connectivity index (χ0v) is 14.1. The van der Waals surface area contributed by atoms with Crippen molar-refractivity contribution in [2.45, 2.75) is 6.61 Å². The molecule has 1 amide bonds. The molecule has 0 aromatic heterocycles. The minimum Gasteiger partial charge on any atom is -0.482 e. The molecule has 0 aliphatic carbocycles. The van der Waals surface area contributed by atoms with Crippen LogP contribution in [0.4, 0.5) is 15.8 Å². The van der Waals surface area contributed by atoms with Gasteiger partial charge < -0.3 is 10.1 Å². The Morgan fingerprint density at radius 1 is 1.04 bits per heavy atom. The van der Waals surface area contributed by atoms with Gasteiger partial charge in [0, 0.05) is 23.4 Å². The van der Waals surface area contributed by atoms with Crippen LogP contribution in [0.2, 0.25) is 0 Å². The van der Waals surface area contributed by atoms with Crippen LogP contribution >= 0.6 is 0 Å². The Kier molecular flexibility index (Phi) is 5.41. The van der Waals surface area contributed by atoms with Gasteiger partial charge >= 0.3 is 5.69 Å². The van der Waals surface area contributed by atoms with E-state index >= 15 is 0 Å². The number of rotatable bonds is 6. The number of benzene rings is 3. The number of hydrogen-bond acceptors (Lipinski definition) is 4. The van der Waals surface area contributed by atoms with Crippen LogP contribution in [0.1, 0.15) is 15.9 Å². The SMILES string of the molecule is O=C(Nc1ccccc1)c1cccc(COc2cc(F)ccc2[N+](=O)[O-])c1. The third-order valence-corrected chi connectivity index (χ3v) is 3.73. The summed E-state index contributed by atoms with van der Waals surface area (Å²) < 4.78 is 18.8. The second kappa shape index (κ2) is 8.09. The molecule has 0 heterocycles. The van der Waals surface area contributed by atoms with Crippen molar-refractivity contribution in [3.8, 4) is 5.75 Å². The number of amides is 1. The summed E-state index contributed by atoms with van der Waals surface area (Å²) in [4.78, 5) is 22.7. The van der Waals surface area contributed by atoms with Gasteiger partial charge in [-0.2, -0.15) is 0 Å². The number of carbonyl (C=O) groups is 1. The van der Waals surface area contributed by atoms with Crippen molar-refractivity contribution >= 4 is 17.3 Å². The molecule has 0 bridgehead atoms. The summed E-state index contributed by atoms with van der Waals surface area (Å²) >= 11 is 0. The number of nitrogens with zero attached hydrogens (tertiary/aromatic N) is 1. The smallest absolute Gasteiger partial charge is 0.311 e. The van der Waals surface area contributed by atoms with Gasteiger partial charge in [0.1, 0.15) is 12.4 Å². The highest BCUT2D eigenvalue weighted by molar-refractivity contribution is 6.04. The summed E-state index contributed by atoms with van der Waals surface area (Å²) in [7, 11) is 0. The first-order valence-electron chi connectivity index (χ1n) is 8.05. The zero-order valence-electron chi connectivity index (χ0n) is 14.1. The minimum atomic E-state index is -0.640. The third-order valence-electron chi connectivity index (χ3n) is 3.73. The van der Waals surface area contributed by atoms with Crippen molar-refractivity contribution in [1.29, 1.82) is 0 Å². The number of nitro groups is 1. The van der Waals surface area contributed by atoms with E-state index < -0.39 is 10.7 Å². The van der Waals surface area contributed by atoms with Gasteiger partial charge in [0.15, 0.2) is 5.75 Å². The number of hydrogen-bond donors (Lipinski definition) is 1. The maximum Gasteiger partial charge on any atom is 0.311 e. The van der Waals surface area contributed by atoms with Crippen LogP contribution in [0.15, 0.2) is 72.8 Å². The maximum atomic E-state index is 13.4. The molecule has 0 spiro atoms. The molecule has 0 fully saturated rings. The summed E-state index contributed by atoms with van der Waals surface area (Å²) in [6, 6.07) is 18.7. The molecule has 0 aliphatic rings. The largest absolute Gasteiger partial charge is 0.482 e. The fourth-order valence-electron chi connectivity index (χ4n) is 2.44. The van der Waals surface area contributed by atoms with Gasteiger partial charge in [-0.1, -0.05) is 30.3 Å². The van der Waals surface area contributed by atoms with Gasteiger partial charge in [-0.25, -0.2) is 4.39 Å². The van der Waals surface area contributed by atoms with Crippen LogP contribution in [0.3, 0.4) is 0 Å². The molecule has 27 heavy (non-hydrogen) atoms. The average Bonchev–Trinajstić information content (AvgIpc) is 2.67. The molecule has 6 nitrogen and oxygen atoms in total. The maximum absolute atomic E-state index is 13.4. The van der Waals surface area contributed by atoms with Crippen LogP contribution < -0.4 is 10.1 Å². The first kappa shape index (κ1) is 18.1. The van der Waals surface area contributed by atoms with Crippen molar-refractivity contribution < 1.29 is 18.8 Å². The van der Waals surface area contributed by atoms with Crippen LogP contribution in [-0.2, 0) is 6.61 Å². The van der Waals surface area contributed by atoms with E-state index in [0.717, 1.165) is 18.2 Å². The van der Waals surface area contributed by atoms with E-state index in [-0.39, 0.29) is 24.0 Å². The van der Waals surface area contributed by atoms with E-state index in [1.807, 2.05) is 18.2 Å². The van der Waals surface area contributed by atoms with Gasteiger partial charge in [-0.15, -0.1) is 0 Å². The summed E-state index contributed by atoms with van der Waals surface area (Å²) in [5.41, 5.74) is 1.37. The Morgan fingerprint density at radius 3 is 2.56 bits per heavy atom. The van der Waals surface area contributed by atoms with Crippen molar-refractivity contribution in [2.75, 3.05) is 5.32 Å². The summed E-state index contributed by atoms with van der Waals surface area (Å²) in [6.45, 7) is -0.0449. The molecular formula is C20H15FN2O4. The standard InChI is InChI=1S/C20H15FN2O4/c21-16-9-10-18(23(25)26)19(12-16)27-13-14-5-4-6-15(11-14)20(24)22-17-7-2-1-3-8-17/h1-12H,13H2,(H,22,24). The average molecular weight is 366 g/mol. The lowest BCUT2D eigenvalue weighted by molar-refractivity contribution is -0.386. The first-order valence-corrected chi connectivity index (χ1v) is 8.05. The number of carbonyl (C=O) groups excluding carboxylic acids is 1. The Morgan fingerprint density at radius 2 is 1.81 bits per heavy atom. The number of nitrogens with one attached hydrogen (secondary N) is 1. The van der Waals surface area contributed by atoms with Gasteiger partial charge in [0.05, 0.1) is 4.92 Å². The number of para-hydroxylation sites is 1. The van der Waals surface area contributed by atoms with Gasteiger partial charge in [0.25, 0.3) is 5.91 Å².